The van der Waals surface area contributed by atoms with E-state index in [2.05, 4.69) is 5.32 Å². The molecule has 0 spiro atoms. The van der Waals surface area contributed by atoms with Crippen molar-refractivity contribution >= 4 is 43.9 Å². The van der Waals surface area contributed by atoms with E-state index in [4.69, 9.17) is 10.5 Å². The molecule has 0 aromatic carbocycles. The molecule has 2 aromatic rings. The largest absolute Gasteiger partial charge is 0.462 e. The number of rotatable bonds is 5. The fraction of sp³-hybridized carbons (Fsp3) is 0.385. The molecular weight excluding hydrogens is 296 g/mol. The normalized spacial score (nSPS) is 12.3. The Morgan fingerprint density at radius 1 is 1.50 bits per heavy atom. The SMILES string of the molecule is CCOC(=O)c1sc2ccsc2c1CNC(=O)[C@@H](C)N. The highest BCUT2D eigenvalue weighted by Crippen LogP contribution is 2.35. The molecule has 0 saturated heterocycles. The van der Waals surface area contributed by atoms with Crippen molar-refractivity contribution in [2.75, 3.05) is 6.61 Å². The van der Waals surface area contributed by atoms with Crippen LogP contribution in [0.3, 0.4) is 0 Å². The molecule has 1 atom stereocenters. The second kappa shape index (κ2) is 6.34. The molecular formula is C13H16N2O3S2. The van der Waals surface area contributed by atoms with Crippen LogP contribution in [0, 0.1) is 0 Å². The van der Waals surface area contributed by atoms with Crippen LogP contribution in [0.25, 0.3) is 9.40 Å². The van der Waals surface area contributed by atoms with Gasteiger partial charge in [-0.1, -0.05) is 0 Å². The minimum Gasteiger partial charge on any atom is -0.462 e. The summed E-state index contributed by atoms with van der Waals surface area (Å²) in [4.78, 5) is 24.1. The molecule has 0 saturated carbocycles. The average Bonchev–Trinajstić information content (AvgIpc) is 2.96. The first-order valence-corrected chi connectivity index (χ1v) is 7.93. The second-order valence-electron chi connectivity index (χ2n) is 4.25. The molecule has 20 heavy (non-hydrogen) atoms. The van der Waals surface area contributed by atoms with Gasteiger partial charge in [0.1, 0.15) is 4.88 Å². The summed E-state index contributed by atoms with van der Waals surface area (Å²) >= 11 is 2.94. The fourth-order valence-electron chi connectivity index (χ4n) is 1.73. The van der Waals surface area contributed by atoms with E-state index in [0.29, 0.717) is 11.5 Å². The molecule has 2 heterocycles. The first kappa shape index (κ1) is 15.0. The van der Waals surface area contributed by atoms with Crippen LogP contribution in [0.15, 0.2) is 11.4 Å². The van der Waals surface area contributed by atoms with E-state index in [-0.39, 0.29) is 18.4 Å². The predicted octanol–water partition coefficient (Wildman–Crippen LogP) is 2.10. The zero-order valence-electron chi connectivity index (χ0n) is 11.3. The Balaban J connectivity index is 2.28. The van der Waals surface area contributed by atoms with Crippen molar-refractivity contribution in [3.8, 4) is 0 Å². The summed E-state index contributed by atoms with van der Waals surface area (Å²) in [6.07, 6.45) is 0. The maximum Gasteiger partial charge on any atom is 0.348 e. The third kappa shape index (κ3) is 3.00. The number of hydrogen-bond acceptors (Lipinski definition) is 6. The van der Waals surface area contributed by atoms with Gasteiger partial charge in [-0.3, -0.25) is 4.79 Å². The summed E-state index contributed by atoms with van der Waals surface area (Å²) in [6.45, 7) is 4.01. The van der Waals surface area contributed by atoms with E-state index in [1.807, 2.05) is 11.4 Å². The van der Waals surface area contributed by atoms with E-state index in [9.17, 15) is 9.59 Å². The lowest BCUT2D eigenvalue weighted by atomic mass is 10.2. The number of nitrogens with two attached hydrogens (primary N) is 1. The summed E-state index contributed by atoms with van der Waals surface area (Å²) in [5.74, 6) is -0.582. The zero-order valence-corrected chi connectivity index (χ0v) is 12.9. The Bertz CT molecular complexity index is 631. The number of amides is 1. The van der Waals surface area contributed by atoms with Gasteiger partial charge >= 0.3 is 5.97 Å². The van der Waals surface area contributed by atoms with Crippen molar-refractivity contribution in [3.63, 3.8) is 0 Å². The Labute approximate surface area is 124 Å². The van der Waals surface area contributed by atoms with Gasteiger partial charge in [-0.25, -0.2) is 4.79 Å². The highest BCUT2D eigenvalue weighted by atomic mass is 32.1. The van der Waals surface area contributed by atoms with Crippen molar-refractivity contribution in [1.82, 2.24) is 5.32 Å². The standard InChI is InChI=1S/C13H16N2O3S2/c1-3-18-13(17)11-8(6-15-12(16)7(2)14)10-9(20-11)4-5-19-10/h4-5,7H,3,6,14H2,1-2H3,(H,15,16)/t7-/m1/s1. The molecule has 5 nitrogen and oxygen atoms in total. The van der Waals surface area contributed by atoms with Crippen LogP contribution in [0.5, 0.6) is 0 Å². The summed E-state index contributed by atoms with van der Waals surface area (Å²) in [5.41, 5.74) is 6.33. The van der Waals surface area contributed by atoms with Crippen LogP contribution in [-0.4, -0.2) is 24.5 Å². The van der Waals surface area contributed by atoms with Crippen LogP contribution < -0.4 is 11.1 Å². The van der Waals surface area contributed by atoms with Gasteiger partial charge in [-0.15, -0.1) is 22.7 Å². The number of fused-ring (bicyclic) bond motifs is 1. The third-order valence-electron chi connectivity index (χ3n) is 2.70. The van der Waals surface area contributed by atoms with Crippen molar-refractivity contribution in [3.05, 3.63) is 21.9 Å². The van der Waals surface area contributed by atoms with Gasteiger partial charge in [-0.05, 0) is 25.3 Å². The molecule has 0 aliphatic carbocycles. The Kier molecular flexibility index (Phi) is 4.74. The molecule has 2 aromatic heterocycles. The van der Waals surface area contributed by atoms with Gasteiger partial charge < -0.3 is 15.8 Å². The highest BCUT2D eigenvalue weighted by Gasteiger charge is 2.21. The maximum absolute atomic E-state index is 12.0. The average molecular weight is 312 g/mol. The summed E-state index contributed by atoms with van der Waals surface area (Å²) in [7, 11) is 0. The van der Waals surface area contributed by atoms with E-state index >= 15 is 0 Å². The van der Waals surface area contributed by atoms with E-state index < -0.39 is 6.04 Å². The van der Waals surface area contributed by atoms with E-state index in [1.165, 1.54) is 11.3 Å². The maximum atomic E-state index is 12.0. The molecule has 0 radical (unpaired) electrons. The lowest BCUT2D eigenvalue weighted by Crippen LogP contribution is -2.38. The molecule has 7 heteroatoms. The van der Waals surface area contributed by atoms with Crippen molar-refractivity contribution < 1.29 is 14.3 Å². The fourth-order valence-corrected chi connectivity index (χ4v) is 4.00. The monoisotopic (exact) mass is 312 g/mol. The molecule has 0 bridgehead atoms. The molecule has 3 N–H and O–H groups in total. The summed E-state index contributed by atoms with van der Waals surface area (Å²) < 4.78 is 7.11. The van der Waals surface area contributed by atoms with Crippen LogP contribution >= 0.6 is 22.7 Å². The lowest BCUT2D eigenvalue weighted by molar-refractivity contribution is -0.122. The Morgan fingerprint density at radius 3 is 2.90 bits per heavy atom. The Morgan fingerprint density at radius 2 is 2.25 bits per heavy atom. The van der Waals surface area contributed by atoms with Crippen molar-refractivity contribution in [1.29, 1.82) is 0 Å². The van der Waals surface area contributed by atoms with Crippen molar-refractivity contribution in [2.24, 2.45) is 5.73 Å². The summed E-state index contributed by atoms with van der Waals surface area (Å²) in [5, 5.41) is 4.71. The van der Waals surface area contributed by atoms with Crippen LogP contribution in [0.4, 0.5) is 0 Å². The molecule has 0 aliphatic heterocycles. The van der Waals surface area contributed by atoms with Gasteiger partial charge in [0, 0.05) is 16.8 Å². The highest BCUT2D eigenvalue weighted by molar-refractivity contribution is 7.28. The zero-order chi connectivity index (χ0) is 14.7. The van der Waals surface area contributed by atoms with E-state index in [1.54, 1.807) is 25.2 Å². The topological polar surface area (TPSA) is 81.4 Å². The number of ether oxygens (including phenoxy) is 1. The van der Waals surface area contributed by atoms with Gasteiger partial charge in [0.05, 0.1) is 17.3 Å². The smallest absolute Gasteiger partial charge is 0.348 e. The van der Waals surface area contributed by atoms with Gasteiger partial charge in [0.2, 0.25) is 5.91 Å². The predicted molar refractivity (Wildman–Crippen MR) is 81.2 cm³/mol. The molecule has 0 fully saturated rings. The first-order valence-electron chi connectivity index (χ1n) is 6.23. The van der Waals surface area contributed by atoms with E-state index in [0.717, 1.165) is 15.0 Å². The van der Waals surface area contributed by atoms with Gasteiger partial charge in [0.25, 0.3) is 0 Å². The van der Waals surface area contributed by atoms with Crippen LogP contribution in [0.2, 0.25) is 0 Å². The second-order valence-corrected chi connectivity index (χ2v) is 6.22. The number of carbonyl (C=O) groups excluding carboxylic acids is 2. The number of hydrogen-bond donors (Lipinski definition) is 2. The molecule has 108 valence electrons. The van der Waals surface area contributed by atoms with Crippen LogP contribution in [-0.2, 0) is 16.1 Å². The minimum atomic E-state index is -0.571. The number of thiophene rings is 2. The quantitative estimate of drug-likeness (QED) is 0.829. The first-order chi connectivity index (χ1) is 9.54. The number of esters is 1. The van der Waals surface area contributed by atoms with Gasteiger partial charge in [-0.2, -0.15) is 0 Å². The number of nitrogens with one attached hydrogen (secondary N) is 1. The number of carbonyl (C=O) groups is 2. The molecule has 1 amide bonds. The molecule has 0 unspecified atom stereocenters. The summed E-state index contributed by atoms with van der Waals surface area (Å²) in [6, 6.07) is 1.39. The third-order valence-corrected chi connectivity index (χ3v) is 4.98. The van der Waals surface area contributed by atoms with Gasteiger partial charge in [0.15, 0.2) is 0 Å². The molecule has 2 rings (SSSR count). The lowest BCUT2D eigenvalue weighted by Gasteiger charge is -2.08. The van der Waals surface area contributed by atoms with Crippen LogP contribution in [0.1, 0.15) is 29.1 Å². The van der Waals surface area contributed by atoms with Crippen molar-refractivity contribution in [2.45, 2.75) is 26.4 Å². The Hall–Kier alpha value is -1.44. The molecule has 0 aliphatic rings. The minimum absolute atomic E-state index is 0.240.